The van der Waals surface area contributed by atoms with E-state index < -0.39 is 46.4 Å². The summed E-state index contributed by atoms with van der Waals surface area (Å²) in [5.74, 6) is -3.55. The summed E-state index contributed by atoms with van der Waals surface area (Å²) < 4.78 is 43.3. The fraction of sp³-hybridized carbons (Fsp3) is 0.318. The number of anilines is 3. The van der Waals surface area contributed by atoms with Crippen molar-refractivity contribution >= 4 is 28.9 Å². The fourth-order valence-electron chi connectivity index (χ4n) is 3.25. The number of alkyl halides is 3. The number of carbonyl (C=O) groups excluding carboxylic acids is 1. The molecule has 1 heterocycles. The Morgan fingerprint density at radius 1 is 1.09 bits per heavy atom. The second kappa shape index (κ2) is 9.99. The third kappa shape index (κ3) is 5.50. The zero-order valence-corrected chi connectivity index (χ0v) is 18.6. The molecule has 0 aliphatic carbocycles. The van der Waals surface area contributed by atoms with E-state index in [1.54, 1.807) is 0 Å². The third-order valence-corrected chi connectivity index (χ3v) is 5.09. The fourth-order valence-corrected chi connectivity index (χ4v) is 3.25. The highest BCUT2D eigenvalue weighted by Crippen LogP contribution is 2.36. The number of aliphatic carboxylic acids is 1. The first-order valence-electron chi connectivity index (χ1n) is 10.4. The smallest absolute Gasteiger partial charge is 0.454 e. The summed E-state index contributed by atoms with van der Waals surface area (Å²) in [7, 11) is 0. The first-order chi connectivity index (χ1) is 16.4. The number of carbonyl (C=O) groups is 2. The molecule has 0 radical (unpaired) electrons. The lowest BCUT2D eigenvalue weighted by Crippen LogP contribution is -2.42. The highest BCUT2D eigenvalue weighted by Gasteiger charge is 2.40. The molecule has 0 bridgehead atoms. The number of carboxylic acids is 1. The standard InChI is InChI=1S/C22H21F3N4O6/c1-3-8-26-15-16(18(31)17(15)30)27-13(21(33)34)9-11-4-6-12(7-5-11)20(32)28-14-10(2)29-35-19(14)22(23,24)25/h4-7,13,26-27H,3,8-9H2,1-2H3,(H,28,32)(H,33,34)/t13-/m0/s1. The van der Waals surface area contributed by atoms with Crippen LogP contribution in [0.1, 0.15) is 40.7 Å². The molecule has 0 saturated heterocycles. The number of carboxylic acid groups (broad SMARTS) is 1. The lowest BCUT2D eigenvalue weighted by molar-refractivity contribution is -0.154. The van der Waals surface area contributed by atoms with Gasteiger partial charge in [-0.1, -0.05) is 24.2 Å². The number of amides is 1. The maximum absolute atomic E-state index is 13.0. The van der Waals surface area contributed by atoms with E-state index in [1.165, 1.54) is 31.2 Å². The number of rotatable bonds is 10. The van der Waals surface area contributed by atoms with E-state index in [4.69, 9.17) is 0 Å². The van der Waals surface area contributed by atoms with E-state index in [1.807, 2.05) is 6.92 Å². The summed E-state index contributed by atoms with van der Waals surface area (Å²) in [6, 6.07) is 4.22. The Balaban J connectivity index is 1.72. The molecule has 1 atom stereocenters. The Kier molecular flexibility index (Phi) is 7.27. The number of halogens is 3. The van der Waals surface area contributed by atoms with Gasteiger partial charge in [-0.3, -0.25) is 14.4 Å². The summed E-state index contributed by atoms with van der Waals surface area (Å²) in [6.45, 7) is 3.54. The van der Waals surface area contributed by atoms with Gasteiger partial charge < -0.3 is 25.6 Å². The Labute approximate surface area is 195 Å². The molecule has 3 aromatic rings. The summed E-state index contributed by atoms with van der Waals surface area (Å²) in [6.07, 6.45) is -4.26. The van der Waals surface area contributed by atoms with Gasteiger partial charge in [-0.15, -0.1) is 0 Å². The first-order valence-corrected chi connectivity index (χ1v) is 10.4. The van der Waals surface area contributed by atoms with Gasteiger partial charge >= 0.3 is 12.1 Å². The van der Waals surface area contributed by atoms with E-state index in [0.717, 1.165) is 0 Å². The van der Waals surface area contributed by atoms with Crippen LogP contribution in [-0.4, -0.2) is 34.7 Å². The SMILES string of the molecule is CCCNc1c(N[C@@H](Cc2ccc(C(=O)Nc3c(C)noc3C(F)(F)F)cc2)C(=O)O)c(=O)c1=O. The molecule has 1 aromatic heterocycles. The first kappa shape index (κ1) is 25.5. The predicted octanol–water partition coefficient (Wildman–Crippen LogP) is 2.78. The second-order valence-corrected chi connectivity index (χ2v) is 7.70. The van der Waals surface area contributed by atoms with E-state index in [9.17, 15) is 37.5 Å². The van der Waals surface area contributed by atoms with Gasteiger partial charge in [0, 0.05) is 18.5 Å². The molecular weight excluding hydrogens is 473 g/mol. The van der Waals surface area contributed by atoms with Crippen LogP contribution >= 0.6 is 0 Å². The van der Waals surface area contributed by atoms with Crippen LogP contribution in [0.4, 0.5) is 30.2 Å². The molecule has 2 aromatic carbocycles. The molecule has 0 aliphatic heterocycles. The maximum atomic E-state index is 13.0. The van der Waals surface area contributed by atoms with Gasteiger partial charge in [-0.2, -0.15) is 13.2 Å². The molecule has 0 saturated carbocycles. The van der Waals surface area contributed by atoms with Crippen molar-refractivity contribution in [2.24, 2.45) is 0 Å². The lowest BCUT2D eigenvalue weighted by Gasteiger charge is -2.20. The zero-order valence-electron chi connectivity index (χ0n) is 18.6. The van der Waals surface area contributed by atoms with Crippen LogP contribution in [0.15, 0.2) is 38.4 Å². The van der Waals surface area contributed by atoms with E-state index in [2.05, 4.69) is 25.6 Å². The molecule has 0 unspecified atom stereocenters. The molecule has 186 valence electrons. The van der Waals surface area contributed by atoms with Crippen LogP contribution in [-0.2, 0) is 17.4 Å². The number of nitrogens with one attached hydrogen (secondary N) is 3. The van der Waals surface area contributed by atoms with Gasteiger partial charge in [0.05, 0.1) is 0 Å². The average molecular weight is 494 g/mol. The Morgan fingerprint density at radius 3 is 2.29 bits per heavy atom. The molecule has 10 nitrogen and oxygen atoms in total. The van der Waals surface area contributed by atoms with Crippen molar-refractivity contribution in [3.8, 4) is 0 Å². The molecule has 13 heteroatoms. The van der Waals surface area contributed by atoms with Crippen LogP contribution in [0.5, 0.6) is 0 Å². The van der Waals surface area contributed by atoms with Crippen molar-refractivity contribution in [2.45, 2.75) is 38.9 Å². The van der Waals surface area contributed by atoms with Crippen molar-refractivity contribution in [1.29, 1.82) is 0 Å². The van der Waals surface area contributed by atoms with Crippen LogP contribution < -0.4 is 26.8 Å². The molecule has 0 aliphatic rings. The van der Waals surface area contributed by atoms with Crippen LogP contribution in [0.2, 0.25) is 0 Å². The topological polar surface area (TPSA) is 151 Å². The lowest BCUT2D eigenvalue weighted by atomic mass is 10.0. The minimum absolute atomic E-state index is 0.0100. The van der Waals surface area contributed by atoms with E-state index in [-0.39, 0.29) is 29.1 Å². The minimum Gasteiger partial charge on any atom is -0.480 e. The van der Waals surface area contributed by atoms with Crippen molar-refractivity contribution in [2.75, 3.05) is 22.5 Å². The van der Waals surface area contributed by atoms with E-state index in [0.29, 0.717) is 18.5 Å². The van der Waals surface area contributed by atoms with Gasteiger partial charge in [0.1, 0.15) is 28.8 Å². The van der Waals surface area contributed by atoms with Gasteiger partial charge in [0.15, 0.2) is 0 Å². The molecule has 35 heavy (non-hydrogen) atoms. The molecule has 3 rings (SSSR count). The van der Waals surface area contributed by atoms with Crippen molar-refractivity contribution < 1.29 is 32.4 Å². The zero-order chi connectivity index (χ0) is 25.9. The summed E-state index contributed by atoms with van der Waals surface area (Å²) in [5.41, 5.74) is -1.88. The Morgan fingerprint density at radius 2 is 1.71 bits per heavy atom. The van der Waals surface area contributed by atoms with Crippen molar-refractivity contribution in [1.82, 2.24) is 5.16 Å². The summed E-state index contributed by atoms with van der Waals surface area (Å²) >= 11 is 0. The number of aromatic nitrogens is 1. The Bertz CT molecular complexity index is 1310. The quantitative estimate of drug-likeness (QED) is 0.312. The Hall–Kier alpha value is -4.16. The largest absolute Gasteiger partial charge is 0.480 e. The van der Waals surface area contributed by atoms with Crippen LogP contribution in [0, 0.1) is 6.92 Å². The highest BCUT2D eigenvalue weighted by molar-refractivity contribution is 6.04. The summed E-state index contributed by atoms with van der Waals surface area (Å²) in [4.78, 5) is 47.8. The number of aryl methyl sites for hydroxylation is 1. The maximum Gasteiger partial charge on any atom is 0.454 e. The number of hydrogen-bond donors (Lipinski definition) is 4. The highest BCUT2D eigenvalue weighted by atomic mass is 19.4. The summed E-state index contributed by atoms with van der Waals surface area (Å²) in [5, 5.41) is 20.3. The van der Waals surface area contributed by atoms with Gasteiger partial charge in [0.2, 0.25) is 0 Å². The van der Waals surface area contributed by atoms with Crippen LogP contribution in [0.25, 0.3) is 0 Å². The predicted molar refractivity (Wildman–Crippen MR) is 120 cm³/mol. The molecular formula is C22H21F3N4O6. The van der Waals surface area contributed by atoms with Crippen molar-refractivity contribution in [3.05, 3.63) is 67.3 Å². The molecule has 0 spiro atoms. The van der Waals surface area contributed by atoms with Gasteiger partial charge in [-0.05, 0) is 31.0 Å². The number of nitrogens with zero attached hydrogens (tertiary/aromatic N) is 1. The minimum atomic E-state index is -4.85. The van der Waals surface area contributed by atoms with Gasteiger partial charge in [0.25, 0.3) is 22.5 Å². The van der Waals surface area contributed by atoms with Crippen LogP contribution in [0.3, 0.4) is 0 Å². The monoisotopic (exact) mass is 494 g/mol. The number of benzene rings is 1. The van der Waals surface area contributed by atoms with Gasteiger partial charge in [-0.25, -0.2) is 4.79 Å². The number of hydrogen-bond acceptors (Lipinski definition) is 8. The normalized spacial score (nSPS) is 12.4. The van der Waals surface area contributed by atoms with Crippen molar-refractivity contribution in [3.63, 3.8) is 0 Å². The molecule has 1 amide bonds. The second-order valence-electron chi connectivity index (χ2n) is 7.70. The van der Waals surface area contributed by atoms with E-state index >= 15 is 0 Å². The average Bonchev–Trinajstić information content (AvgIpc) is 3.18. The third-order valence-electron chi connectivity index (χ3n) is 5.09. The molecule has 0 fully saturated rings. The molecule has 4 N–H and O–H groups in total.